The Labute approximate surface area is 216 Å². The molecule has 208 valence electrons. The fraction of sp³-hybridized carbons (Fsp3) is 0.455. The zero-order valence-corrected chi connectivity index (χ0v) is 22.0. The molecule has 1 aromatic carbocycles. The molecule has 0 amide bonds. The number of nitrogen functional groups attached to an aromatic ring is 1. The summed E-state index contributed by atoms with van der Waals surface area (Å²) < 4.78 is 68.6. The number of ether oxygens (including phenoxy) is 2. The average Bonchev–Trinajstić information content (AvgIpc) is 3.24. The number of carboxylic acids is 1. The summed E-state index contributed by atoms with van der Waals surface area (Å²) in [5.41, 5.74) is 4.44. The van der Waals surface area contributed by atoms with Crippen molar-refractivity contribution < 1.29 is 37.1 Å². The van der Waals surface area contributed by atoms with Crippen LogP contribution in [0, 0.1) is 0 Å². The van der Waals surface area contributed by atoms with Gasteiger partial charge in [0, 0.05) is 0 Å². The Morgan fingerprint density at radius 1 is 1.26 bits per heavy atom. The van der Waals surface area contributed by atoms with E-state index in [-0.39, 0.29) is 23.7 Å². The van der Waals surface area contributed by atoms with Crippen molar-refractivity contribution in [2.75, 3.05) is 19.2 Å². The minimum Gasteiger partial charge on any atom is -0.497 e. The summed E-state index contributed by atoms with van der Waals surface area (Å²) in [4.78, 5) is 23.8. The zero-order valence-electron chi connectivity index (χ0n) is 21.1. The van der Waals surface area contributed by atoms with Crippen molar-refractivity contribution in [1.82, 2.24) is 29.7 Å². The highest BCUT2D eigenvalue weighted by Gasteiger charge is 2.47. The van der Waals surface area contributed by atoms with Gasteiger partial charge in [-0.15, -0.1) is 0 Å². The summed E-state index contributed by atoms with van der Waals surface area (Å²) >= 11 is 0. The van der Waals surface area contributed by atoms with Gasteiger partial charge in [0.2, 0.25) is 7.44 Å². The van der Waals surface area contributed by atoms with Gasteiger partial charge in [0.1, 0.15) is 35.5 Å². The molecule has 0 saturated carbocycles. The Kier molecular flexibility index (Phi) is 8.66. The Morgan fingerprint density at radius 3 is 2.61 bits per heavy atom. The van der Waals surface area contributed by atoms with E-state index < -0.39 is 43.6 Å². The fourth-order valence-corrected chi connectivity index (χ4v) is 5.94. The third-order valence-electron chi connectivity index (χ3n) is 5.51. The number of rotatable bonds is 12. The van der Waals surface area contributed by atoms with Crippen LogP contribution in [0.5, 0.6) is 5.75 Å². The normalized spacial score (nSPS) is 15.7. The standard InChI is InChI=1S/C22H29F3N7O5P/c1-13(9-32-11-29-16-18(26)27-10-28-19(16)32)37-12-38(35,31-21(2,3)20(33)34)30-17(22(23,24)25)14-6-5-7-15(8-14)36-4/h5-8,10-11,13,17H,9,12H2,1-4H3,(H,33,34)(H2,26,27,28)(H2,30,31,35)/t13?,17-,38?/m0/s1. The first-order valence-electron chi connectivity index (χ1n) is 11.3. The van der Waals surface area contributed by atoms with Crippen LogP contribution in [-0.2, 0) is 20.6 Å². The lowest BCUT2D eigenvalue weighted by Gasteiger charge is -2.33. The monoisotopic (exact) mass is 559 g/mol. The number of nitrogens with zero attached hydrogens (tertiary/aromatic N) is 4. The van der Waals surface area contributed by atoms with Gasteiger partial charge < -0.3 is 24.9 Å². The Morgan fingerprint density at radius 2 is 1.97 bits per heavy atom. The molecule has 3 rings (SSSR count). The van der Waals surface area contributed by atoms with Crippen molar-refractivity contribution in [1.29, 1.82) is 0 Å². The van der Waals surface area contributed by atoms with E-state index in [1.54, 1.807) is 11.5 Å². The number of fused-ring (bicyclic) bond motifs is 1. The number of halogens is 3. The first-order chi connectivity index (χ1) is 17.6. The third-order valence-corrected chi connectivity index (χ3v) is 7.62. The number of aromatic nitrogens is 4. The fourth-order valence-electron chi connectivity index (χ4n) is 3.56. The number of nitrogens with two attached hydrogens (primary N) is 1. The lowest BCUT2D eigenvalue weighted by molar-refractivity contribution is -0.153. The summed E-state index contributed by atoms with van der Waals surface area (Å²) in [5, 5.41) is 14.0. The number of nitrogens with one attached hydrogen (secondary N) is 2. The molecular weight excluding hydrogens is 530 g/mol. The molecule has 2 heterocycles. The molecule has 16 heteroatoms. The highest BCUT2D eigenvalue weighted by molar-refractivity contribution is 7.59. The summed E-state index contributed by atoms with van der Waals surface area (Å²) in [5.74, 6) is -1.08. The highest BCUT2D eigenvalue weighted by atomic mass is 31.2. The van der Waals surface area contributed by atoms with E-state index in [2.05, 4.69) is 25.1 Å². The Hall–Kier alpha value is -3.26. The van der Waals surface area contributed by atoms with Gasteiger partial charge in [0.05, 0.1) is 26.1 Å². The number of hydrogen-bond acceptors (Lipinski definition) is 8. The van der Waals surface area contributed by atoms with Crippen molar-refractivity contribution in [3.63, 3.8) is 0 Å². The van der Waals surface area contributed by atoms with E-state index >= 15 is 0 Å². The van der Waals surface area contributed by atoms with Gasteiger partial charge in [-0.1, -0.05) is 12.1 Å². The largest absolute Gasteiger partial charge is 0.497 e. The first kappa shape index (κ1) is 29.3. The number of anilines is 1. The number of methoxy groups -OCH3 is 1. The first-order valence-corrected chi connectivity index (χ1v) is 13.2. The van der Waals surface area contributed by atoms with E-state index in [1.165, 1.54) is 51.8 Å². The molecule has 0 aliphatic heterocycles. The number of hydrogen-bond donors (Lipinski definition) is 4. The minimum absolute atomic E-state index is 0.133. The van der Waals surface area contributed by atoms with E-state index in [4.69, 9.17) is 15.2 Å². The van der Waals surface area contributed by atoms with Crippen LogP contribution in [0.2, 0.25) is 0 Å². The van der Waals surface area contributed by atoms with Gasteiger partial charge in [0.15, 0.2) is 11.5 Å². The van der Waals surface area contributed by atoms with Gasteiger partial charge >= 0.3 is 12.1 Å². The third kappa shape index (κ3) is 6.98. The molecular formula is C22H29F3N7O5P. The van der Waals surface area contributed by atoms with Crippen LogP contribution in [0.25, 0.3) is 11.2 Å². The lowest BCUT2D eigenvalue weighted by atomic mass is 10.1. The minimum atomic E-state index is -4.89. The van der Waals surface area contributed by atoms with Crippen LogP contribution in [-0.4, -0.2) is 61.9 Å². The molecule has 12 nitrogen and oxygen atoms in total. The van der Waals surface area contributed by atoms with Gasteiger partial charge in [0.25, 0.3) is 0 Å². The topological polar surface area (TPSA) is 167 Å². The molecule has 2 unspecified atom stereocenters. The van der Waals surface area contributed by atoms with Gasteiger partial charge in [-0.05, 0) is 38.5 Å². The molecule has 0 saturated heterocycles. The van der Waals surface area contributed by atoms with Crippen molar-refractivity contribution in [2.45, 2.75) is 51.2 Å². The van der Waals surface area contributed by atoms with Gasteiger partial charge in [-0.2, -0.15) is 13.2 Å². The maximum atomic E-state index is 14.2. The van der Waals surface area contributed by atoms with E-state index in [9.17, 15) is 27.6 Å². The van der Waals surface area contributed by atoms with Crippen LogP contribution in [0.1, 0.15) is 32.4 Å². The number of carbonyl (C=O) groups is 1. The second-order valence-electron chi connectivity index (χ2n) is 9.10. The number of aliphatic carboxylic acids is 1. The number of alkyl halides is 3. The molecule has 2 aromatic heterocycles. The maximum absolute atomic E-state index is 14.2. The molecule has 3 aromatic rings. The molecule has 0 bridgehead atoms. The second-order valence-corrected chi connectivity index (χ2v) is 11.3. The lowest BCUT2D eigenvalue weighted by Crippen LogP contribution is -2.49. The molecule has 38 heavy (non-hydrogen) atoms. The van der Waals surface area contributed by atoms with Crippen molar-refractivity contribution in [3.05, 3.63) is 42.5 Å². The van der Waals surface area contributed by atoms with E-state index in [0.717, 1.165) is 6.07 Å². The van der Waals surface area contributed by atoms with Crippen molar-refractivity contribution in [2.24, 2.45) is 0 Å². The molecule has 0 radical (unpaired) electrons. The Bertz CT molecular complexity index is 1330. The zero-order chi connectivity index (χ0) is 28.3. The van der Waals surface area contributed by atoms with E-state index in [1.807, 2.05) is 0 Å². The summed E-state index contributed by atoms with van der Waals surface area (Å²) in [7, 11) is -3.07. The quantitative estimate of drug-likeness (QED) is 0.240. The van der Waals surface area contributed by atoms with Crippen molar-refractivity contribution in [3.8, 4) is 5.75 Å². The SMILES string of the molecule is COc1cccc([C@H](NP(=O)(COC(C)Cn2cnc3c(N)ncnc32)NC(C)(C)C(=O)O)C(F)(F)F)c1. The Balaban J connectivity index is 1.87. The molecule has 0 spiro atoms. The average molecular weight is 559 g/mol. The van der Waals surface area contributed by atoms with Crippen molar-refractivity contribution >= 4 is 30.4 Å². The molecule has 0 fully saturated rings. The summed E-state index contributed by atoms with van der Waals surface area (Å²) in [6, 6.07) is 2.75. The second kappa shape index (κ2) is 11.2. The summed E-state index contributed by atoms with van der Waals surface area (Å²) in [6.07, 6.45) is -3.65. The van der Waals surface area contributed by atoms with Crippen LogP contribution < -0.4 is 20.6 Å². The highest BCUT2D eigenvalue weighted by Crippen LogP contribution is 2.46. The van der Waals surface area contributed by atoms with Crippen LogP contribution in [0.3, 0.4) is 0 Å². The summed E-state index contributed by atoms with van der Waals surface area (Å²) in [6.45, 7) is 4.10. The smallest absolute Gasteiger partial charge is 0.408 e. The van der Waals surface area contributed by atoms with Crippen LogP contribution >= 0.6 is 7.44 Å². The molecule has 0 aliphatic carbocycles. The predicted octanol–water partition coefficient (Wildman–Crippen LogP) is 3.32. The number of benzene rings is 1. The predicted molar refractivity (Wildman–Crippen MR) is 133 cm³/mol. The van der Waals surface area contributed by atoms with Crippen LogP contribution in [0.15, 0.2) is 36.9 Å². The maximum Gasteiger partial charge on any atom is 0.408 e. The van der Waals surface area contributed by atoms with Gasteiger partial charge in [-0.25, -0.2) is 25.1 Å². The van der Waals surface area contributed by atoms with Crippen LogP contribution in [0.4, 0.5) is 19.0 Å². The number of carboxylic acid groups (broad SMARTS) is 1. The molecule has 0 aliphatic rings. The molecule has 5 N–H and O–H groups in total. The van der Waals surface area contributed by atoms with Gasteiger partial charge in [-0.3, -0.25) is 9.36 Å². The molecule has 3 atom stereocenters. The van der Waals surface area contributed by atoms with E-state index in [0.29, 0.717) is 11.2 Å². The number of imidazole rings is 1.